The third-order valence-corrected chi connectivity index (χ3v) is 12.0. The van der Waals surface area contributed by atoms with Crippen molar-refractivity contribution in [1.29, 1.82) is 0 Å². The number of para-hydroxylation sites is 1. The number of rotatable bonds is 3. The Morgan fingerprint density at radius 2 is 1.26 bits per heavy atom. The molecule has 0 amide bonds. The van der Waals surface area contributed by atoms with Crippen molar-refractivity contribution in [2.45, 2.75) is 19.3 Å². The summed E-state index contributed by atoms with van der Waals surface area (Å²) < 4.78 is 2.97. The Hall–Kier alpha value is -4.62. The summed E-state index contributed by atoms with van der Waals surface area (Å²) in [7, 11) is 0. The molecule has 1 aliphatic rings. The van der Waals surface area contributed by atoms with Crippen LogP contribution in [0, 0.1) is 0 Å². The third kappa shape index (κ3) is 3.51. The van der Waals surface area contributed by atoms with E-state index in [0.29, 0.717) is 0 Å². The van der Waals surface area contributed by atoms with Gasteiger partial charge in [-0.05, 0) is 0 Å². The van der Waals surface area contributed by atoms with E-state index in [0.717, 1.165) is 0 Å². The van der Waals surface area contributed by atoms with E-state index >= 15 is 0 Å². The maximum absolute atomic E-state index is 2.53. The van der Waals surface area contributed by atoms with E-state index < -0.39 is 0 Å². The predicted molar refractivity (Wildman–Crippen MR) is 186 cm³/mol. The summed E-state index contributed by atoms with van der Waals surface area (Å²) in [6, 6.07) is 51.9. The van der Waals surface area contributed by atoms with Gasteiger partial charge in [0.25, 0.3) is 0 Å². The molecule has 0 spiro atoms. The van der Waals surface area contributed by atoms with Crippen molar-refractivity contribution in [3.8, 4) is 11.1 Å². The molecule has 0 N–H and O–H groups in total. The molecule has 1 heterocycles. The Labute approximate surface area is 257 Å². The van der Waals surface area contributed by atoms with Crippen LogP contribution in [0.15, 0.2) is 140 Å². The van der Waals surface area contributed by atoms with Crippen LogP contribution in [0.2, 0.25) is 0 Å². The van der Waals surface area contributed by atoms with Gasteiger partial charge in [-0.3, -0.25) is 0 Å². The molecule has 1 nitrogen and oxygen atoms in total. The molecule has 43 heavy (non-hydrogen) atoms. The van der Waals surface area contributed by atoms with Crippen molar-refractivity contribution in [2.24, 2.45) is 0 Å². The second-order valence-corrected chi connectivity index (χ2v) is 14.3. The number of hydrogen-bond donors (Lipinski definition) is 0. The summed E-state index contributed by atoms with van der Waals surface area (Å²) in [5, 5.41) is 8.10. The molecule has 0 saturated heterocycles. The minimum absolute atomic E-state index is 0.0675. The summed E-state index contributed by atoms with van der Waals surface area (Å²) >= 11 is 0.251. The molecule has 0 radical (unpaired) electrons. The molecule has 8 aromatic rings. The average Bonchev–Trinajstić information content (AvgIpc) is 3.54. The van der Waals surface area contributed by atoms with Crippen LogP contribution in [0.5, 0.6) is 0 Å². The minimum atomic E-state index is -0.0675. The Morgan fingerprint density at radius 3 is 2.14 bits per heavy atom. The number of benzene rings is 7. The molecule has 0 unspecified atom stereocenters. The van der Waals surface area contributed by atoms with Crippen LogP contribution in [0.1, 0.15) is 25.0 Å². The molecule has 0 fully saturated rings. The van der Waals surface area contributed by atoms with Crippen molar-refractivity contribution in [3.63, 3.8) is 0 Å². The fourth-order valence-corrected chi connectivity index (χ4v) is 10.1. The first-order valence-corrected chi connectivity index (χ1v) is 16.7. The van der Waals surface area contributed by atoms with Gasteiger partial charge in [0.1, 0.15) is 0 Å². The van der Waals surface area contributed by atoms with Gasteiger partial charge in [0, 0.05) is 0 Å². The molecule has 1 aliphatic carbocycles. The first-order valence-electron chi connectivity index (χ1n) is 15.0. The van der Waals surface area contributed by atoms with Crippen molar-refractivity contribution < 1.29 is 0 Å². The zero-order valence-corrected chi connectivity index (χ0v) is 25.8. The topological polar surface area (TPSA) is 3.24 Å². The fourth-order valence-electron chi connectivity index (χ4n) is 7.43. The summed E-state index contributed by atoms with van der Waals surface area (Å²) in [5.74, 6) is 0. The van der Waals surface area contributed by atoms with Gasteiger partial charge >= 0.3 is 258 Å². The normalized spacial score (nSPS) is 13.5. The fraction of sp³-hybridized carbons (Fsp3) is 0.0732. The second kappa shape index (κ2) is 9.19. The zero-order valence-electron chi connectivity index (χ0n) is 24.1. The van der Waals surface area contributed by atoms with Gasteiger partial charge in [0.15, 0.2) is 0 Å². The number of fused-ring (bicyclic) bond motifs is 10. The monoisotopic (exact) mass is 615 g/mol. The van der Waals surface area contributed by atoms with Gasteiger partial charge < -0.3 is 0 Å². The molecule has 0 atom stereocenters. The van der Waals surface area contributed by atoms with Gasteiger partial charge in [0.2, 0.25) is 0 Å². The average molecular weight is 615 g/mol. The maximum atomic E-state index is 2.53. The Morgan fingerprint density at radius 1 is 0.535 bits per heavy atom. The van der Waals surface area contributed by atoms with E-state index in [1.54, 1.807) is 0 Å². The van der Waals surface area contributed by atoms with Crippen LogP contribution in [0.25, 0.3) is 52.0 Å². The van der Waals surface area contributed by atoms with Crippen LogP contribution >= 0.6 is 0 Å². The van der Waals surface area contributed by atoms with E-state index in [4.69, 9.17) is 0 Å². The van der Waals surface area contributed by atoms with Gasteiger partial charge in [-0.2, -0.15) is 0 Å². The molecular formula is C41H29NSe. The second-order valence-electron chi connectivity index (χ2n) is 12.1. The SMILES string of the molecule is CC1(C)c2ccccc2-c2c(N(c3ccccc3)c3cc4c5ccccc5[se]c4c4c3ccc3ccccc34)cccc21. The number of hydrogen-bond acceptors (Lipinski definition) is 1. The van der Waals surface area contributed by atoms with Crippen LogP contribution in [-0.4, -0.2) is 14.5 Å². The molecule has 0 saturated carbocycles. The van der Waals surface area contributed by atoms with E-state index in [-0.39, 0.29) is 19.9 Å². The molecule has 1 aromatic heterocycles. The van der Waals surface area contributed by atoms with Gasteiger partial charge in [0.05, 0.1) is 0 Å². The van der Waals surface area contributed by atoms with E-state index in [2.05, 4.69) is 158 Å². The van der Waals surface area contributed by atoms with Crippen LogP contribution in [0.3, 0.4) is 0 Å². The summed E-state index contributed by atoms with van der Waals surface area (Å²) in [4.78, 5) is 2.53. The quantitative estimate of drug-likeness (QED) is 0.141. The van der Waals surface area contributed by atoms with Crippen molar-refractivity contribution in [2.75, 3.05) is 4.90 Å². The number of anilines is 3. The molecule has 0 aliphatic heterocycles. The summed E-state index contributed by atoms with van der Waals surface area (Å²) in [5.41, 5.74) is 9.02. The summed E-state index contributed by atoms with van der Waals surface area (Å²) in [6.07, 6.45) is 0. The van der Waals surface area contributed by atoms with Crippen LogP contribution < -0.4 is 4.90 Å². The first kappa shape index (κ1) is 24.9. The van der Waals surface area contributed by atoms with E-state index in [1.165, 1.54) is 80.2 Å². The van der Waals surface area contributed by atoms with Gasteiger partial charge in [-0.1, -0.05) is 0 Å². The molecular weight excluding hydrogens is 585 g/mol. The van der Waals surface area contributed by atoms with E-state index in [9.17, 15) is 0 Å². The van der Waals surface area contributed by atoms with Crippen molar-refractivity contribution in [3.05, 3.63) is 151 Å². The van der Waals surface area contributed by atoms with Gasteiger partial charge in [-0.15, -0.1) is 0 Å². The van der Waals surface area contributed by atoms with E-state index in [1.807, 2.05) is 0 Å². The molecule has 2 heteroatoms. The van der Waals surface area contributed by atoms with Crippen molar-refractivity contribution in [1.82, 2.24) is 0 Å². The predicted octanol–water partition coefficient (Wildman–Crippen LogP) is 11.1. The van der Waals surface area contributed by atoms with Crippen LogP contribution in [0.4, 0.5) is 17.1 Å². The first-order chi connectivity index (χ1) is 21.1. The third-order valence-electron chi connectivity index (χ3n) is 9.43. The summed E-state index contributed by atoms with van der Waals surface area (Å²) in [6.45, 7) is 4.73. The van der Waals surface area contributed by atoms with Crippen molar-refractivity contribution >= 4 is 72.4 Å². The number of nitrogens with zero attached hydrogens (tertiary/aromatic N) is 1. The Balaban J connectivity index is 1.46. The Kier molecular flexibility index (Phi) is 5.33. The zero-order chi connectivity index (χ0) is 28.7. The molecule has 9 rings (SSSR count). The molecule has 7 aromatic carbocycles. The standard InChI is InChI=1S/C41H29NSe/c1-41(2)33-19-10-8-18-30(33)39-34(41)20-12-21-35(39)42(27-14-4-3-5-15-27)36-25-32-29-17-9-11-22-37(29)43-40(32)38-28-16-7-6-13-26(28)23-24-31(36)38/h3-25H,1-2H3. The van der Waals surface area contributed by atoms with Crippen LogP contribution in [-0.2, 0) is 5.41 Å². The Bertz CT molecular complexity index is 2380. The van der Waals surface area contributed by atoms with Gasteiger partial charge in [-0.25, -0.2) is 0 Å². The molecule has 204 valence electrons. The molecule has 0 bridgehead atoms.